The summed E-state index contributed by atoms with van der Waals surface area (Å²) in [5, 5.41) is 26.4. The summed E-state index contributed by atoms with van der Waals surface area (Å²) in [4.78, 5) is 34.2. The molecule has 0 aliphatic carbocycles. The van der Waals surface area contributed by atoms with Crippen LogP contribution >= 0.6 is 0 Å². The number of carbonyl (C=O) groups is 2. The highest BCUT2D eigenvalue weighted by Crippen LogP contribution is 2.24. The summed E-state index contributed by atoms with van der Waals surface area (Å²) in [5.74, 6) is -2.51. The monoisotopic (exact) mass is 441 g/mol. The fraction of sp³-hybridized carbons (Fsp3) is 0.304. The first-order valence-electron chi connectivity index (χ1n) is 10.1. The van der Waals surface area contributed by atoms with Gasteiger partial charge >= 0.3 is 11.9 Å². The summed E-state index contributed by atoms with van der Waals surface area (Å²) in [5.41, 5.74) is 2.57. The molecule has 0 spiro atoms. The smallest absolute Gasteiger partial charge is 0.328 e. The van der Waals surface area contributed by atoms with E-state index in [0.29, 0.717) is 18.2 Å². The van der Waals surface area contributed by atoms with Crippen LogP contribution in [0.3, 0.4) is 0 Å². The number of carboxylic acids is 2. The predicted octanol–water partition coefficient (Wildman–Crippen LogP) is 3.41. The van der Waals surface area contributed by atoms with E-state index in [9.17, 15) is 19.7 Å². The van der Waals surface area contributed by atoms with Gasteiger partial charge in [0.25, 0.3) is 5.69 Å². The van der Waals surface area contributed by atoms with E-state index in [4.69, 9.17) is 10.2 Å². The largest absolute Gasteiger partial charge is 0.478 e. The Morgan fingerprint density at radius 3 is 2.03 bits per heavy atom. The van der Waals surface area contributed by atoms with Crippen molar-refractivity contribution in [1.82, 2.24) is 4.90 Å². The highest BCUT2D eigenvalue weighted by molar-refractivity contribution is 5.89. The zero-order chi connectivity index (χ0) is 23.5. The number of anilines is 1. The van der Waals surface area contributed by atoms with Crippen molar-refractivity contribution in [1.29, 1.82) is 0 Å². The van der Waals surface area contributed by atoms with Gasteiger partial charge in [0.1, 0.15) is 0 Å². The van der Waals surface area contributed by atoms with Gasteiger partial charge < -0.3 is 15.1 Å². The van der Waals surface area contributed by atoms with Crippen molar-refractivity contribution in [3.8, 4) is 0 Å². The first kappa shape index (κ1) is 24.5. The molecule has 1 saturated heterocycles. The number of nitro benzene ring substituents is 1. The van der Waals surface area contributed by atoms with E-state index in [1.807, 2.05) is 18.2 Å². The number of hydrogen-bond acceptors (Lipinski definition) is 6. The second-order valence-electron chi connectivity index (χ2n) is 7.40. The zero-order valence-corrected chi connectivity index (χ0v) is 17.8. The predicted molar refractivity (Wildman–Crippen MR) is 121 cm³/mol. The molecule has 9 nitrogen and oxygen atoms in total. The number of hydrogen-bond donors (Lipinski definition) is 2. The Labute approximate surface area is 186 Å². The molecule has 2 aromatic rings. The van der Waals surface area contributed by atoms with Gasteiger partial charge in [-0.05, 0) is 37.6 Å². The summed E-state index contributed by atoms with van der Waals surface area (Å²) < 4.78 is 0. The third kappa shape index (κ3) is 8.19. The van der Waals surface area contributed by atoms with Crippen molar-refractivity contribution in [2.75, 3.05) is 25.0 Å². The first-order chi connectivity index (χ1) is 15.3. The van der Waals surface area contributed by atoms with Crippen LogP contribution in [0.2, 0.25) is 0 Å². The fourth-order valence-electron chi connectivity index (χ4n) is 3.49. The summed E-state index contributed by atoms with van der Waals surface area (Å²) in [6, 6.07) is 18.0. The molecule has 0 unspecified atom stereocenters. The molecule has 0 atom stereocenters. The van der Waals surface area contributed by atoms with E-state index in [0.717, 1.165) is 38.2 Å². The average Bonchev–Trinajstić information content (AvgIpc) is 2.79. The Hall–Kier alpha value is -3.72. The molecule has 1 aliphatic heterocycles. The Kier molecular flexibility index (Phi) is 9.37. The Morgan fingerprint density at radius 2 is 1.56 bits per heavy atom. The third-order valence-corrected chi connectivity index (χ3v) is 5.16. The molecule has 32 heavy (non-hydrogen) atoms. The van der Waals surface area contributed by atoms with Crippen LogP contribution in [0.4, 0.5) is 11.4 Å². The summed E-state index contributed by atoms with van der Waals surface area (Å²) in [6.07, 6.45) is 3.34. The van der Waals surface area contributed by atoms with Gasteiger partial charge in [-0.2, -0.15) is 0 Å². The van der Waals surface area contributed by atoms with Gasteiger partial charge in [-0.1, -0.05) is 30.3 Å². The van der Waals surface area contributed by atoms with Gasteiger partial charge in [0.2, 0.25) is 0 Å². The van der Waals surface area contributed by atoms with Crippen LogP contribution in [0, 0.1) is 10.1 Å². The van der Waals surface area contributed by atoms with Crippen LogP contribution < -0.4 is 4.90 Å². The van der Waals surface area contributed by atoms with Gasteiger partial charge in [-0.15, -0.1) is 0 Å². The minimum atomic E-state index is -1.26. The van der Waals surface area contributed by atoms with Crippen LogP contribution in [-0.2, 0) is 16.1 Å². The van der Waals surface area contributed by atoms with Gasteiger partial charge in [0.15, 0.2) is 0 Å². The molecule has 1 fully saturated rings. The van der Waals surface area contributed by atoms with Crippen molar-refractivity contribution in [3.05, 3.63) is 82.4 Å². The van der Waals surface area contributed by atoms with Crippen LogP contribution in [0.25, 0.3) is 0 Å². The van der Waals surface area contributed by atoms with Crippen LogP contribution in [0.1, 0.15) is 18.4 Å². The molecule has 1 heterocycles. The topological polar surface area (TPSA) is 124 Å². The summed E-state index contributed by atoms with van der Waals surface area (Å²) in [7, 11) is 2.19. The second-order valence-corrected chi connectivity index (χ2v) is 7.40. The average molecular weight is 441 g/mol. The van der Waals surface area contributed by atoms with Crippen molar-refractivity contribution in [2.24, 2.45) is 0 Å². The normalized spacial score (nSPS) is 14.1. The SMILES string of the molecule is CN(Cc1ccccc1)C1CCN(c2ccc([N+](=O)[O-])cc2)CC1.O=C(O)C=CC(=O)O. The van der Waals surface area contributed by atoms with Crippen molar-refractivity contribution >= 4 is 23.3 Å². The quantitative estimate of drug-likeness (QED) is 0.381. The number of carboxylic acid groups (broad SMARTS) is 2. The molecular weight excluding hydrogens is 414 g/mol. The number of piperidine rings is 1. The molecule has 170 valence electrons. The van der Waals surface area contributed by atoms with Crippen molar-refractivity contribution in [3.63, 3.8) is 0 Å². The highest BCUT2D eigenvalue weighted by atomic mass is 16.6. The molecule has 2 N–H and O–H groups in total. The minimum absolute atomic E-state index is 0.149. The molecule has 0 aromatic heterocycles. The van der Waals surface area contributed by atoms with E-state index in [-0.39, 0.29) is 10.6 Å². The standard InChI is InChI=1S/C19H23N3O2.C4H4O4/c1-20(15-16-5-3-2-4-6-16)17-11-13-21(14-12-17)18-7-9-19(10-8-18)22(23)24;5-3(6)1-2-4(7)8/h2-10,17H,11-15H2,1H3;1-2H,(H,5,6)(H,7,8). The number of non-ortho nitro benzene ring substituents is 1. The lowest BCUT2D eigenvalue weighted by Crippen LogP contribution is -2.43. The Morgan fingerprint density at radius 1 is 1.03 bits per heavy atom. The zero-order valence-electron chi connectivity index (χ0n) is 17.8. The van der Waals surface area contributed by atoms with Crippen LogP contribution in [0.5, 0.6) is 0 Å². The summed E-state index contributed by atoms with van der Waals surface area (Å²) >= 11 is 0. The van der Waals surface area contributed by atoms with Gasteiger partial charge in [-0.3, -0.25) is 15.0 Å². The molecule has 0 amide bonds. The lowest BCUT2D eigenvalue weighted by molar-refractivity contribution is -0.384. The van der Waals surface area contributed by atoms with Crippen LogP contribution in [0.15, 0.2) is 66.7 Å². The lowest BCUT2D eigenvalue weighted by atomic mass is 10.0. The maximum Gasteiger partial charge on any atom is 0.328 e. The number of nitro groups is 1. The van der Waals surface area contributed by atoms with Crippen molar-refractivity contribution in [2.45, 2.75) is 25.4 Å². The van der Waals surface area contributed by atoms with Gasteiger partial charge in [0.05, 0.1) is 4.92 Å². The molecule has 3 rings (SSSR count). The maximum atomic E-state index is 10.7. The number of nitrogens with zero attached hydrogens (tertiary/aromatic N) is 3. The number of aliphatic carboxylic acids is 2. The van der Waals surface area contributed by atoms with E-state index >= 15 is 0 Å². The van der Waals surface area contributed by atoms with Crippen LogP contribution in [-0.4, -0.2) is 58.2 Å². The number of rotatable bonds is 7. The Balaban J connectivity index is 0.000000390. The molecule has 1 aliphatic rings. The molecular formula is C23H27N3O6. The first-order valence-corrected chi connectivity index (χ1v) is 10.1. The lowest BCUT2D eigenvalue weighted by Gasteiger charge is -2.38. The fourth-order valence-corrected chi connectivity index (χ4v) is 3.49. The molecule has 0 radical (unpaired) electrons. The molecule has 2 aromatic carbocycles. The number of benzene rings is 2. The van der Waals surface area contributed by atoms with E-state index < -0.39 is 11.9 Å². The van der Waals surface area contributed by atoms with Gasteiger partial charge in [-0.25, -0.2) is 9.59 Å². The minimum Gasteiger partial charge on any atom is -0.478 e. The second kappa shape index (κ2) is 12.2. The molecule has 0 saturated carbocycles. The summed E-state index contributed by atoms with van der Waals surface area (Å²) in [6.45, 7) is 2.95. The Bertz CT molecular complexity index is 907. The van der Waals surface area contributed by atoms with E-state index in [1.165, 1.54) is 5.56 Å². The van der Waals surface area contributed by atoms with Crippen molar-refractivity contribution < 1.29 is 24.7 Å². The van der Waals surface area contributed by atoms with E-state index in [2.05, 4.69) is 41.1 Å². The molecule has 0 bridgehead atoms. The van der Waals surface area contributed by atoms with E-state index in [1.54, 1.807) is 12.1 Å². The maximum absolute atomic E-state index is 10.7. The molecule has 9 heteroatoms. The third-order valence-electron chi connectivity index (χ3n) is 5.16. The highest BCUT2D eigenvalue weighted by Gasteiger charge is 2.23. The van der Waals surface area contributed by atoms with Gasteiger partial charge in [0, 0.05) is 55.6 Å².